The van der Waals surface area contributed by atoms with E-state index in [2.05, 4.69) is 0 Å². The number of rotatable bonds is 4. The van der Waals surface area contributed by atoms with Crippen molar-refractivity contribution in [3.8, 4) is 0 Å². The summed E-state index contributed by atoms with van der Waals surface area (Å²) >= 11 is 5.26. The third-order valence-corrected chi connectivity index (χ3v) is 2.76. The number of carboxylic acids is 1. The minimum Gasteiger partial charge on any atom is -0.478 e. The Morgan fingerprint density at radius 2 is 1.89 bits per heavy atom. The second kappa shape index (κ2) is 5.77. The van der Waals surface area contributed by atoms with Crippen molar-refractivity contribution in [1.82, 2.24) is 0 Å². The summed E-state index contributed by atoms with van der Waals surface area (Å²) in [5.41, 5.74) is -2.50. The molecule has 0 saturated heterocycles. The average Bonchev–Trinajstić information content (AvgIpc) is 2.35. The summed E-state index contributed by atoms with van der Waals surface area (Å²) in [6.45, 7) is 0. The number of carbonyl (C=O) groups is 1. The zero-order valence-electron chi connectivity index (χ0n) is 9.36. The molecule has 4 nitrogen and oxygen atoms in total. The molecule has 0 fully saturated rings. The maximum absolute atomic E-state index is 12.8. The SMILES string of the molecule is O=C(O)c1ccc(C(O)C(O)CCl)c(C(F)(F)F)c1. The fraction of sp³-hybridized carbons (Fsp3) is 0.364. The van der Waals surface area contributed by atoms with E-state index in [1.54, 1.807) is 0 Å². The van der Waals surface area contributed by atoms with Gasteiger partial charge in [0.15, 0.2) is 0 Å². The largest absolute Gasteiger partial charge is 0.478 e. The molecule has 19 heavy (non-hydrogen) atoms. The lowest BCUT2D eigenvalue weighted by Gasteiger charge is -2.20. The molecule has 0 bridgehead atoms. The van der Waals surface area contributed by atoms with E-state index in [4.69, 9.17) is 16.7 Å². The second-order valence-corrected chi connectivity index (χ2v) is 4.08. The van der Waals surface area contributed by atoms with Crippen LogP contribution in [0.2, 0.25) is 0 Å². The molecular weight excluding hydrogens is 289 g/mol. The number of alkyl halides is 4. The normalized spacial score (nSPS) is 15.1. The van der Waals surface area contributed by atoms with Gasteiger partial charge in [-0.2, -0.15) is 13.2 Å². The highest BCUT2D eigenvalue weighted by Crippen LogP contribution is 2.36. The number of hydrogen-bond acceptors (Lipinski definition) is 3. The lowest BCUT2D eigenvalue weighted by Crippen LogP contribution is -2.23. The number of aliphatic hydroxyl groups is 2. The molecule has 0 amide bonds. The third kappa shape index (κ3) is 3.59. The Balaban J connectivity index is 3.36. The van der Waals surface area contributed by atoms with Crippen LogP contribution in [0.1, 0.15) is 27.6 Å². The molecule has 1 rings (SSSR count). The Morgan fingerprint density at radius 3 is 2.32 bits per heavy atom. The van der Waals surface area contributed by atoms with Crippen molar-refractivity contribution in [2.45, 2.75) is 18.4 Å². The maximum Gasteiger partial charge on any atom is 0.416 e. The summed E-state index contributed by atoms with van der Waals surface area (Å²) in [5, 5.41) is 27.5. The van der Waals surface area contributed by atoms with Gasteiger partial charge in [-0.25, -0.2) is 4.79 Å². The summed E-state index contributed by atoms with van der Waals surface area (Å²) in [4.78, 5) is 10.7. The van der Waals surface area contributed by atoms with Crippen LogP contribution in [0.3, 0.4) is 0 Å². The average molecular weight is 299 g/mol. The first kappa shape index (κ1) is 15.7. The van der Waals surface area contributed by atoms with Crippen LogP contribution in [0, 0.1) is 0 Å². The number of aliphatic hydroxyl groups excluding tert-OH is 2. The Labute approximate surface area is 111 Å². The first-order valence-corrected chi connectivity index (χ1v) is 5.58. The van der Waals surface area contributed by atoms with Crippen molar-refractivity contribution >= 4 is 17.6 Å². The summed E-state index contributed by atoms with van der Waals surface area (Å²) in [6.07, 6.45) is -8.29. The van der Waals surface area contributed by atoms with Gasteiger partial charge in [0.05, 0.1) is 23.1 Å². The van der Waals surface area contributed by atoms with Gasteiger partial charge in [-0.05, 0) is 17.7 Å². The number of halogens is 4. The van der Waals surface area contributed by atoms with E-state index in [-0.39, 0.29) is 0 Å². The van der Waals surface area contributed by atoms with Crippen LogP contribution >= 0.6 is 11.6 Å². The molecule has 0 spiro atoms. The first-order chi connectivity index (χ1) is 8.68. The molecule has 8 heteroatoms. The molecule has 0 radical (unpaired) electrons. The predicted octanol–water partition coefficient (Wildman–Crippen LogP) is 2.04. The Bertz CT molecular complexity index is 475. The van der Waals surface area contributed by atoms with E-state index in [0.717, 1.165) is 12.1 Å². The number of aromatic carboxylic acids is 1. The molecule has 0 aliphatic rings. The third-order valence-electron chi connectivity index (χ3n) is 2.45. The highest BCUT2D eigenvalue weighted by molar-refractivity contribution is 6.18. The van der Waals surface area contributed by atoms with Crippen LogP contribution in [-0.2, 0) is 6.18 Å². The van der Waals surface area contributed by atoms with Crippen LogP contribution in [0.4, 0.5) is 13.2 Å². The number of carboxylic acid groups (broad SMARTS) is 1. The van der Waals surface area contributed by atoms with E-state index in [0.29, 0.717) is 6.07 Å². The molecule has 0 aliphatic carbocycles. The van der Waals surface area contributed by atoms with Gasteiger partial charge >= 0.3 is 12.1 Å². The van der Waals surface area contributed by atoms with Crippen LogP contribution in [-0.4, -0.2) is 33.3 Å². The van der Waals surface area contributed by atoms with Crippen molar-refractivity contribution in [2.75, 3.05) is 5.88 Å². The van der Waals surface area contributed by atoms with Gasteiger partial charge in [-0.1, -0.05) is 6.07 Å². The first-order valence-electron chi connectivity index (χ1n) is 5.05. The fourth-order valence-corrected chi connectivity index (χ4v) is 1.65. The van der Waals surface area contributed by atoms with E-state index in [1.807, 2.05) is 0 Å². The van der Waals surface area contributed by atoms with Gasteiger partial charge in [-0.15, -0.1) is 11.6 Å². The molecule has 2 unspecified atom stereocenters. The van der Waals surface area contributed by atoms with Crippen molar-refractivity contribution in [3.05, 3.63) is 34.9 Å². The highest BCUT2D eigenvalue weighted by atomic mass is 35.5. The van der Waals surface area contributed by atoms with E-state index >= 15 is 0 Å². The molecular formula is C11H10ClF3O4. The van der Waals surface area contributed by atoms with Gasteiger partial charge < -0.3 is 15.3 Å². The quantitative estimate of drug-likeness (QED) is 0.743. The molecule has 106 valence electrons. The van der Waals surface area contributed by atoms with Crippen LogP contribution in [0.25, 0.3) is 0 Å². The summed E-state index contributed by atoms with van der Waals surface area (Å²) in [7, 11) is 0. The highest BCUT2D eigenvalue weighted by Gasteiger charge is 2.37. The molecule has 0 aromatic heterocycles. The minimum absolute atomic E-state index is 0.405. The molecule has 2 atom stereocenters. The van der Waals surface area contributed by atoms with E-state index in [9.17, 15) is 28.2 Å². The molecule has 1 aromatic rings. The van der Waals surface area contributed by atoms with Gasteiger partial charge in [0.25, 0.3) is 0 Å². The van der Waals surface area contributed by atoms with Gasteiger partial charge in [0, 0.05) is 0 Å². The maximum atomic E-state index is 12.8. The fourth-order valence-electron chi connectivity index (χ4n) is 1.48. The second-order valence-electron chi connectivity index (χ2n) is 3.77. The Kier molecular flexibility index (Phi) is 4.78. The monoisotopic (exact) mass is 298 g/mol. The predicted molar refractivity (Wildman–Crippen MR) is 60.1 cm³/mol. The van der Waals surface area contributed by atoms with Crippen molar-refractivity contribution in [3.63, 3.8) is 0 Å². The topological polar surface area (TPSA) is 77.8 Å². The van der Waals surface area contributed by atoms with Crippen LogP contribution in [0.5, 0.6) is 0 Å². The summed E-state index contributed by atoms with van der Waals surface area (Å²) in [6, 6.07) is 2.13. The molecule has 3 N–H and O–H groups in total. The van der Waals surface area contributed by atoms with Gasteiger partial charge in [0.2, 0.25) is 0 Å². The molecule has 0 saturated carbocycles. The van der Waals surface area contributed by atoms with Crippen molar-refractivity contribution in [1.29, 1.82) is 0 Å². The number of hydrogen-bond donors (Lipinski definition) is 3. The van der Waals surface area contributed by atoms with Gasteiger partial charge in [-0.3, -0.25) is 0 Å². The smallest absolute Gasteiger partial charge is 0.416 e. The lowest BCUT2D eigenvalue weighted by molar-refractivity contribution is -0.139. The van der Waals surface area contributed by atoms with Crippen LogP contribution < -0.4 is 0 Å². The van der Waals surface area contributed by atoms with Gasteiger partial charge in [0.1, 0.15) is 6.10 Å². The number of benzene rings is 1. The Morgan fingerprint density at radius 1 is 1.32 bits per heavy atom. The summed E-state index contributed by atoms with van der Waals surface area (Å²) < 4.78 is 38.4. The summed E-state index contributed by atoms with van der Waals surface area (Å²) in [5.74, 6) is -1.98. The van der Waals surface area contributed by atoms with Crippen LogP contribution in [0.15, 0.2) is 18.2 Å². The molecule has 0 heterocycles. The van der Waals surface area contributed by atoms with Crippen molar-refractivity contribution < 1.29 is 33.3 Å². The molecule has 0 aliphatic heterocycles. The zero-order valence-corrected chi connectivity index (χ0v) is 10.1. The molecule has 1 aromatic carbocycles. The van der Waals surface area contributed by atoms with E-state index < -0.39 is 46.9 Å². The standard InChI is InChI=1S/C11H10ClF3O4/c12-4-8(16)9(17)6-2-1-5(10(18)19)3-7(6)11(13,14)15/h1-3,8-9,16-17H,4H2,(H,18,19). The lowest BCUT2D eigenvalue weighted by atomic mass is 9.96. The minimum atomic E-state index is -4.85. The Hall–Kier alpha value is -1.31. The van der Waals surface area contributed by atoms with Crippen molar-refractivity contribution in [2.24, 2.45) is 0 Å². The van der Waals surface area contributed by atoms with E-state index in [1.165, 1.54) is 0 Å². The zero-order chi connectivity index (χ0) is 14.8.